The van der Waals surface area contributed by atoms with Crippen molar-refractivity contribution in [3.05, 3.63) is 72.1 Å². The fraction of sp³-hybridized carbons (Fsp3) is 0.150. The van der Waals surface area contributed by atoms with E-state index in [0.717, 1.165) is 24.1 Å². The molecule has 0 aliphatic rings. The van der Waals surface area contributed by atoms with Crippen LogP contribution in [0.4, 0.5) is 30.6 Å². The molecule has 0 aliphatic heterocycles. The minimum atomic E-state index is -4.36. The number of nitrogens with one attached hydrogen (secondary N) is 3. The maximum atomic E-state index is 12.6. The number of benzene rings is 2. The Morgan fingerprint density at radius 1 is 1.00 bits per heavy atom. The molecule has 2 aromatic carbocycles. The van der Waals surface area contributed by atoms with Crippen molar-refractivity contribution in [3.8, 4) is 0 Å². The Kier molecular flexibility index (Phi) is 5.03. The zero-order valence-corrected chi connectivity index (χ0v) is 15.2. The topological polar surface area (TPSA) is 78.5 Å². The lowest BCUT2D eigenvalue weighted by Crippen LogP contribution is -2.09. The summed E-state index contributed by atoms with van der Waals surface area (Å²) in [6.07, 6.45) is -0.211. The molecule has 0 saturated carbocycles. The van der Waals surface area contributed by atoms with Crippen molar-refractivity contribution >= 4 is 28.4 Å². The van der Waals surface area contributed by atoms with Gasteiger partial charge in [0, 0.05) is 29.3 Å². The molecule has 0 radical (unpaired) electrons. The van der Waals surface area contributed by atoms with Gasteiger partial charge in [0.15, 0.2) is 5.82 Å². The molecule has 9 heteroatoms. The molecule has 2 aromatic heterocycles. The van der Waals surface area contributed by atoms with Gasteiger partial charge in [-0.05, 0) is 42.3 Å². The van der Waals surface area contributed by atoms with E-state index < -0.39 is 11.7 Å². The molecule has 4 aromatic rings. The van der Waals surface area contributed by atoms with Crippen molar-refractivity contribution in [2.75, 3.05) is 17.2 Å². The number of halogens is 3. The van der Waals surface area contributed by atoms with Gasteiger partial charge in [-0.2, -0.15) is 23.3 Å². The first-order valence-electron chi connectivity index (χ1n) is 8.92. The number of aromatic nitrogens is 4. The third kappa shape index (κ3) is 4.45. The highest BCUT2D eigenvalue weighted by Gasteiger charge is 2.29. The number of aromatic amines is 1. The maximum Gasteiger partial charge on any atom is 0.416 e. The quantitative estimate of drug-likeness (QED) is 0.436. The fourth-order valence-electron chi connectivity index (χ4n) is 2.98. The SMILES string of the molecule is FC(F)(F)c1ccc(Nc2cnnc(NCCc3c[nH]c4ccccc34)n2)cc1. The van der Waals surface area contributed by atoms with E-state index in [4.69, 9.17) is 0 Å². The number of para-hydroxylation sites is 1. The van der Waals surface area contributed by atoms with Gasteiger partial charge in [-0.3, -0.25) is 0 Å². The Bertz CT molecular complexity index is 1110. The number of anilines is 3. The second-order valence-corrected chi connectivity index (χ2v) is 6.40. The fourth-order valence-corrected chi connectivity index (χ4v) is 2.98. The summed E-state index contributed by atoms with van der Waals surface area (Å²) >= 11 is 0. The number of alkyl halides is 3. The minimum Gasteiger partial charge on any atom is -0.361 e. The van der Waals surface area contributed by atoms with Crippen LogP contribution in [0.1, 0.15) is 11.1 Å². The molecule has 0 spiro atoms. The predicted molar refractivity (Wildman–Crippen MR) is 105 cm³/mol. The van der Waals surface area contributed by atoms with Gasteiger partial charge in [0.25, 0.3) is 0 Å². The van der Waals surface area contributed by atoms with Crippen LogP contribution in [-0.4, -0.2) is 26.7 Å². The first kappa shape index (κ1) is 18.7. The summed E-state index contributed by atoms with van der Waals surface area (Å²) in [4.78, 5) is 7.53. The lowest BCUT2D eigenvalue weighted by molar-refractivity contribution is -0.137. The van der Waals surface area contributed by atoms with Gasteiger partial charge in [-0.1, -0.05) is 18.2 Å². The number of hydrogen-bond acceptors (Lipinski definition) is 5. The van der Waals surface area contributed by atoms with Crippen LogP contribution in [0.5, 0.6) is 0 Å². The van der Waals surface area contributed by atoms with Gasteiger partial charge in [0.2, 0.25) is 5.95 Å². The molecule has 0 atom stereocenters. The van der Waals surface area contributed by atoms with Crippen LogP contribution in [0.15, 0.2) is 60.9 Å². The lowest BCUT2D eigenvalue weighted by Gasteiger charge is -2.09. The highest BCUT2D eigenvalue weighted by Crippen LogP contribution is 2.30. The molecular formula is C20H17F3N6. The van der Waals surface area contributed by atoms with E-state index in [0.29, 0.717) is 24.0 Å². The third-order valence-corrected chi connectivity index (χ3v) is 4.40. The Hall–Kier alpha value is -3.62. The second-order valence-electron chi connectivity index (χ2n) is 6.40. The van der Waals surface area contributed by atoms with Gasteiger partial charge in [0.1, 0.15) is 0 Å². The molecule has 6 nitrogen and oxygen atoms in total. The van der Waals surface area contributed by atoms with E-state index >= 15 is 0 Å². The molecule has 0 bridgehead atoms. The lowest BCUT2D eigenvalue weighted by atomic mass is 10.1. The molecule has 29 heavy (non-hydrogen) atoms. The molecule has 0 aliphatic carbocycles. The third-order valence-electron chi connectivity index (χ3n) is 4.40. The Morgan fingerprint density at radius 2 is 1.79 bits per heavy atom. The molecule has 3 N–H and O–H groups in total. The van der Waals surface area contributed by atoms with Crippen molar-refractivity contribution < 1.29 is 13.2 Å². The highest BCUT2D eigenvalue weighted by atomic mass is 19.4. The molecule has 2 heterocycles. The second kappa shape index (κ2) is 7.78. The number of hydrogen-bond donors (Lipinski definition) is 3. The Balaban J connectivity index is 1.37. The maximum absolute atomic E-state index is 12.6. The van der Waals surface area contributed by atoms with Gasteiger partial charge in [-0.15, -0.1) is 5.10 Å². The smallest absolute Gasteiger partial charge is 0.361 e. The summed E-state index contributed by atoms with van der Waals surface area (Å²) in [5.74, 6) is 0.719. The molecule has 0 fully saturated rings. The van der Waals surface area contributed by atoms with E-state index in [2.05, 4.69) is 36.9 Å². The normalized spacial score (nSPS) is 11.6. The molecule has 0 saturated heterocycles. The number of nitrogens with zero attached hydrogens (tertiary/aromatic N) is 3. The molecule has 0 unspecified atom stereocenters. The van der Waals surface area contributed by atoms with Crippen molar-refractivity contribution in [3.63, 3.8) is 0 Å². The number of H-pyrrole nitrogens is 1. The number of rotatable bonds is 6. The van der Waals surface area contributed by atoms with Crippen LogP contribution in [-0.2, 0) is 12.6 Å². The first-order chi connectivity index (χ1) is 14.0. The zero-order chi connectivity index (χ0) is 20.3. The Labute approximate surface area is 164 Å². The van der Waals surface area contributed by atoms with E-state index in [1.165, 1.54) is 29.3 Å². The van der Waals surface area contributed by atoms with Crippen molar-refractivity contribution in [1.82, 2.24) is 20.2 Å². The zero-order valence-electron chi connectivity index (χ0n) is 15.2. The summed E-state index contributed by atoms with van der Waals surface area (Å²) in [7, 11) is 0. The van der Waals surface area contributed by atoms with E-state index in [1.807, 2.05) is 24.4 Å². The summed E-state index contributed by atoms with van der Waals surface area (Å²) in [5.41, 5.74) is 2.04. The van der Waals surface area contributed by atoms with Crippen molar-refractivity contribution in [2.45, 2.75) is 12.6 Å². The van der Waals surface area contributed by atoms with Crippen LogP contribution in [0.3, 0.4) is 0 Å². The minimum absolute atomic E-state index is 0.335. The first-order valence-corrected chi connectivity index (χ1v) is 8.92. The van der Waals surface area contributed by atoms with Gasteiger partial charge < -0.3 is 15.6 Å². The van der Waals surface area contributed by atoms with Crippen LogP contribution in [0, 0.1) is 0 Å². The largest absolute Gasteiger partial charge is 0.416 e. The molecule has 0 amide bonds. The van der Waals surface area contributed by atoms with Crippen molar-refractivity contribution in [2.24, 2.45) is 0 Å². The number of fused-ring (bicyclic) bond motifs is 1. The summed E-state index contributed by atoms with van der Waals surface area (Å²) in [6, 6.07) is 12.8. The average molecular weight is 398 g/mol. The summed E-state index contributed by atoms with van der Waals surface area (Å²) < 4.78 is 37.9. The average Bonchev–Trinajstić information content (AvgIpc) is 3.11. The van der Waals surface area contributed by atoms with E-state index in [1.54, 1.807) is 0 Å². The molecule has 148 valence electrons. The van der Waals surface area contributed by atoms with Gasteiger partial charge in [-0.25, -0.2) is 0 Å². The van der Waals surface area contributed by atoms with Crippen LogP contribution in [0.25, 0.3) is 10.9 Å². The van der Waals surface area contributed by atoms with E-state index in [9.17, 15) is 13.2 Å². The molecular weight excluding hydrogens is 381 g/mol. The summed E-state index contributed by atoms with van der Waals surface area (Å²) in [6.45, 7) is 0.604. The standard InChI is InChI=1S/C20H17F3N6/c21-20(22,23)14-5-7-15(8-6-14)27-18-12-26-29-19(28-18)24-10-9-13-11-25-17-4-2-1-3-16(13)17/h1-8,11-12,25H,9-10H2,(H2,24,27,28,29). The van der Waals surface area contributed by atoms with Crippen LogP contribution >= 0.6 is 0 Å². The summed E-state index contributed by atoms with van der Waals surface area (Å²) in [5, 5.41) is 15.0. The van der Waals surface area contributed by atoms with Gasteiger partial charge in [0.05, 0.1) is 11.8 Å². The predicted octanol–water partition coefficient (Wildman–Crippen LogP) is 4.77. The highest BCUT2D eigenvalue weighted by molar-refractivity contribution is 5.83. The van der Waals surface area contributed by atoms with Crippen LogP contribution < -0.4 is 10.6 Å². The molecule has 4 rings (SSSR count). The monoisotopic (exact) mass is 398 g/mol. The van der Waals surface area contributed by atoms with E-state index in [-0.39, 0.29) is 0 Å². The Morgan fingerprint density at radius 3 is 2.59 bits per heavy atom. The van der Waals surface area contributed by atoms with Gasteiger partial charge >= 0.3 is 6.18 Å². The van der Waals surface area contributed by atoms with Crippen molar-refractivity contribution in [1.29, 1.82) is 0 Å². The van der Waals surface area contributed by atoms with Crippen LogP contribution in [0.2, 0.25) is 0 Å².